The van der Waals surface area contributed by atoms with E-state index in [1.54, 1.807) is 12.1 Å². The number of benzene rings is 2. The molecule has 1 heterocycles. The average molecular weight is 421 g/mol. The minimum atomic E-state index is -0.531. The first-order valence-corrected chi connectivity index (χ1v) is 9.45. The van der Waals surface area contributed by atoms with Crippen molar-refractivity contribution >= 4 is 57.3 Å². The van der Waals surface area contributed by atoms with Crippen molar-refractivity contribution in [1.82, 2.24) is 10.3 Å². The molecule has 0 bridgehead atoms. The van der Waals surface area contributed by atoms with Crippen LogP contribution in [-0.2, 0) is 4.79 Å². The number of urea groups is 1. The SMILES string of the molecule is O=C(CNC(=O)Nc1nc(-c2ccccc2)cs1)Nc1cc(Cl)ccc1Cl. The van der Waals surface area contributed by atoms with Crippen molar-refractivity contribution in [2.75, 3.05) is 17.2 Å². The van der Waals surface area contributed by atoms with Gasteiger partial charge in [-0.15, -0.1) is 11.3 Å². The molecular weight excluding hydrogens is 407 g/mol. The molecule has 0 aliphatic carbocycles. The second kappa shape index (κ2) is 8.85. The highest BCUT2D eigenvalue weighted by Gasteiger charge is 2.11. The summed E-state index contributed by atoms with van der Waals surface area (Å²) in [4.78, 5) is 28.3. The molecular formula is C18H14Cl2N4O2S. The summed E-state index contributed by atoms with van der Waals surface area (Å²) in [7, 11) is 0. The quantitative estimate of drug-likeness (QED) is 0.549. The summed E-state index contributed by atoms with van der Waals surface area (Å²) in [5.41, 5.74) is 2.10. The topological polar surface area (TPSA) is 83.1 Å². The zero-order valence-electron chi connectivity index (χ0n) is 13.8. The number of amides is 3. The first-order valence-electron chi connectivity index (χ1n) is 7.82. The number of thiazole rings is 1. The predicted octanol–water partition coefficient (Wildman–Crippen LogP) is 4.88. The van der Waals surface area contributed by atoms with Gasteiger partial charge in [0.1, 0.15) is 0 Å². The van der Waals surface area contributed by atoms with Crippen LogP contribution in [0.5, 0.6) is 0 Å². The first-order chi connectivity index (χ1) is 13.0. The van der Waals surface area contributed by atoms with Crippen LogP contribution in [0.15, 0.2) is 53.9 Å². The molecule has 0 fully saturated rings. The summed E-state index contributed by atoms with van der Waals surface area (Å²) in [5.74, 6) is -0.432. The third-order valence-corrected chi connectivity index (χ3v) is 4.73. The molecule has 3 N–H and O–H groups in total. The molecule has 3 aromatic rings. The summed E-state index contributed by atoms with van der Waals surface area (Å²) in [6, 6.07) is 13.8. The van der Waals surface area contributed by atoms with E-state index in [2.05, 4.69) is 20.9 Å². The fourth-order valence-electron chi connectivity index (χ4n) is 2.16. The van der Waals surface area contributed by atoms with Gasteiger partial charge in [-0.1, -0.05) is 53.5 Å². The van der Waals surface area contributed by atoms with Crippen molar-refractivity contribution in [2.45, 2.75) is 0 Å². The molecule has 0 unspecified atom stereocenters. The van der Waals surface area contributed by atoms with Gasteiger partial charge in [-0.3, -0.25) is 10.1 Å². The molecule has 3 rings (SSSR count). The van der Waals surface area contributed by atoms with E-state index in [4.69, 9.17) is 23.2 Å². The molecule has 0 aliphatic heterocycles. The molecule has 0 spiro atoms. The van der Waals surface area contributed by atoms with Crippen LogP contribution in [-0.4, -0.2) is 23.5 Å². The number of hydrogen-bond donors (Lipinski definition) is 3. The lowest BCUT2D eigenvalue weighted by Crippen LogP contribution is -2.35. The highest BCUT2D eigenvalue weighted by Crippen LogP contribution is 2.25. The lowest BCUT2D eigenvalue weighted by molar-refractivity contribution is -0.115. The maximum Gasteiger partial charge on any atom is 0.321 e. The number of carbonyl (C=O) groups excluding carboxylic acids is 2. The molecule has 6 nitrogen and oxygen atoms in total. The monoisotopic (exact) mass is 420 g/mol. The van der Waals surface area contributed by atoms with Gasteiger partial charge in [0.05, 0.1) is 22.9 Å². The Morgan fingerprint density at radius 3 is 2.59 bits per heavy atom. The van der Waals surface area contributed by atoms with Crippen LogP contribution in [0, 0.1) is 0 Å². The van der Waals surface area contributed by atoms with Crippen molar-refractivity contribution in [3.63, 3.8) is 0 Å². The van der Waals surface area contributed by atoms with E-state index >= 15 is 0 Å². The number of nitrogens with one attached hydrogen (secondary N) is 3. The number of anilines is 2. The highest BCUT2D eigenvalue weighted by atomic mass is 35.5. The fraction of sp³-hybridized carbons (Fsp3) is 0.0556. The van der Waals surface area contributed by atoms with Gasteiger partial charge in [-0.05, 0) is 18.2 Å². The number of nitrogens with zero attached hydrogens (tertiary/aromatic N) is 1. The lowest BCUT2D eigenvalue weighted by Gasteiger charge is -2.09. The third-order valence-electron chi connectivity index (χ3n) is 3.41. The van der Waals surface area contributed by atoms with E-state index in [-0.39, 0.29) is 6.54 Å². The number of rotatable bonds is 5. The van der Waals surface area contributed by atoms with Gasteiger partial charge in [-0.25, -0.2) is 9.78 Å². The predicted molar refractivity (Wildman–Crippen MR) is 110 cm³/mol. The maximum atomic E-state index is 12.0. The Kier molecular flexibility index (Phi) is 6.28. The number of carbonyl (C=O) groups is 2. The van der Waals surface area contributed by atoms with Crippen molar-refractivity contribution < 1.29 is 9.59 Å². The Labute approximate surface area is 169 Å². The smallest absolute Gasteiger partial charge is 0.321 e. The molecule has 0 radical (unpaired) electrons. The first kappa shape index (κ1) is 19.2. The number of hydrogen-bond acceptors (Lipinski definition) is 4. The molecule has 27 heavy (non-hydrogen) atoms. The van der Waals surface area contributed by atoms with Crippen LogP contribution in [0.1, 0.15) is 0 Å². The van der Waals surface area contributed by atoms with Gasteiger partial charge < -0.3 is 10.6 Å². The van der Waals surface area contributed by atoms with Gasteiger partial charge in [0.2, 0.25) is 5.91 Å². The van der Waals surface area contributed by atoms with Gasteiger partial charge in [-0.2, -0.15) is 0 Å². The zero-order valence-corrected chi connectivity index (χ0v) is 16.2. The summed E-state index contributed by atoms with van der Waals surface area (Å²) >= 11 is 13.1. The molecule has 1 aromatic heterocycles. The van der Waals surface area contributed by atoms with Crippen LogP contribution in [0.4, 0.5) is 15.6 Å². The van der Waals surface area contributed by atoms with Crippen LogP contribution in [0.3, 0.4) is 0 Å². The summed E-state index contributed by atoms with van der Waals surface area (Å²) in [6.07, 6.45) is 0. The second-order valence-corrected chi connectivity index (χ2v) is 7.09. The molecule has 0 saturated carbocycles. The molecule has 3 amide bonds. The minimum absolute atomic E-state index is 0.231. The van der Waals surface area contributed by atoms with Crippen molar-refractivity contribution in [1.29, 1.82) is 0 Å². The Hall–Kier alpha value is -2.61. The number of aromatic nitrogens is 1. The Morgan fingerprint density at radius 1 is 1.04 bits per heavy atom. The molecule has 2 aromatic carbocycles. The zero-order chi connectivity index (χ0) is 19.2. The summed E-state index contributed by atoms with van der Waals surface area (Å²) in [6.45, 7) is -0.231. The lowest BCUT2D eigenvalue weighted by atomic mass is 10.2. The minimum Gasteiger partial charge on any atom is -0.329 e. The van der Waals surface area contributed by atoms with Gasteiger partial charge >= 0.3 is 6.03 Å². The van der Waals surface area contributed by atoms with Crippen LogP contribution in [0.2, 0.25) is 10.0 Å². The Morgan fingerprint density at radius 2 is 1.81 bits per heavy atom. The van der Waals surface area contributed by atoms with Gasteiger partial charge in [0, 0.05) is 16.0 Å². The van der Waals surface area contributed by atoms with Crippen molar-refractivity contribution in [3.8, 4) is 11.3 Å². The second-order valence-electron chi connectivity index (χ2n) is 5.38. The van der Waals surface area contributed by atoms with Gasteiger partial charge in [0.15, 0.2) is 5.13 Å². The fourth-order valence-corrected chi connectivity index (χ4v) is 3.21. The van der Waals surface area contributed by atoms with Crippen molar-refractivity contribution in [3.05, 3.63) is 64.0 Å². The molecule has 138 valence electrons. The largest absolute Gasteiger partial charge is 0.329 e. The van der Waals surface area contributed by atoms with E-state index in [1.807, 2.05) is 35.7 Å². The third kappa shape index (κ3) is 5.43. The van der Waals surface area contributed by atoms with Crippen LogP contribution >= 0.6 is 34.5 Å². The van der Waals surface area contributed by atoms with E-state index in [0.29, 0.717) is 20.9 Å². The average Bonchev–Trinajstić information content (AvgIpc) is 3.12. The molecule has 0 atom stereocenters. The standard InChI is InChI=1S/C18H14Cl2N4O2S/c19-12-6-7-13(20)14(8-12)22-16(25)9-21-17(26)24-18-23-15(10-27-18)11-4-2-1-3-5-11/h1-8,10H,9H2,(H,22,25)(H2,21,23,24,26). The Balaban J connectivity index is 1.50. The number of halogens is 2. The Bertz CT molecular complexity index is 963. The van der Waals surface area contributed by atoms with E-state index in [0.717, 1.165) is 11.3 Å². The van der Waals surface area contributed by atoms with Crippen LogP contribution < -0.4 is 16.0 Å². The molecule has 0 saturated heterocycles. The van der Waals surface area contributed by atoms with E-state index in [1.165, 1.54) is 17.4 Å². The normalized spacial score (nSPS) is 10.3. The van der Waals surface area contributed by atoms with E-state index < -0.39 is 11.9 Å². The van der Waals surface area contributed by atoms with Gasteiger partial charge in [0.25, 0.3) is 0 Å². The summed E-state index contributed by atoms with van der Waals surface area (Å²) < 4.78 is 0. The van der Waals surface area contributed by atoms with E-state index in [9.17, 15) is 9.59 Å². The maximum absolute atomic E-state index is 12.0. The highest BCUT2D eigenvalue weighted by molar-refractivity contribution is 7.14. The molecule has 0 aliphatic rings. The van der Waals surface area contributed by atoms with Crippen molar-refractivity contribution in [2.24, 2.45) is 0 Å². The molecule has 9 heteroatoms. The van der Waals surface area contributed by atoms with Crippen LogP contribution in [0.25, 0.3) is 11.3 Å². The summed E-state index contributed by atoms with van der Waals surface area (Å²) in [5, 5.41) is 10.7.